The van der Waals surface area contributed by atoms with Gasteiger partial charge in [-0.3, -0.25) is 14.6 Å². The van der Waals surface area contributed by atoms with Gasteiger partial charge in [0.25, 0.3) is 0 Å². The Morgan fingerprint density at radius 3 is 2.24 bits per heavy atom. The first-order valence-corrected chi connectivity index (χ1v) is 10.9. The fraction of sp³-hybridized carbons (Fsp3) is 0.259. The average Bonchev–Trinajstić information content (AvgIpc) is 2.81. The van der Waals surface area contributed by atoms with Gasteiger partial charge in [0.15, 0.2) is 0 Å². The SMILES string of the molecule is COC(=O)c1cc(NC(=O)C(Cc2ccccc2)C(=O)OC(C)(C)C)cc(-c2ccncc2)c1. The summed E-state index contributed by atoms with van der Waals surface area (Å²) in [6.45, 7) is 5.26. The lowest BCUT2D eigenvalue weighted by Gasteiger charge is -2.24. The number of amides is 1. The van der Waals surface area contributed by atoms with E-state index in [2.05, 4.69) is 10.3 Å². The molecule has 3 aromatic rings. The Kier molecular flexibility index (Phi) is 7.79. The van der Waals surface area contributed by atoms with E-state index in [1.807, 2.05) is 30.3 Å². The molecule has 2 aromatic carbocycles. The van der Waals surface area contributed by atoms with Crippen LogP contribution in [0.5, 0.6) is 0 Å². The van der Waals surface area contributed by atoms with Crippen LogP contribution >= 0.6 is 0 Å². The third-order valence-corrected chi connectivity index (χ3v) is 4.93. The fourth-order valence-electron chi connectivity index (χ4n) is 3.38. The van der Waals surface area contributed by atoms with Crippen LogP contribution in [0, 0.1) is 5.92 Å². The number of rotatable bonds is 7. The second-order valence-corrected chi connectivity index (χ2v) is 8.79. The molecule has 1 amide bonds. The second-order valence-electron chi connectivity index (χ2n) is 8.79. The van der Waals surface area contributed by atoms with Crippen LogP contribution in [-0.2, 0) is 25.5 Å². The van der Waals surface area contributed by atoms with Crippen LogP contribution in [0.2, 0.25) is 0 Å². The Balaban J connectivity index is 1.94. The van der Waals surface area contributed by atoms with Crippen molar-refractivity contribution in [2.24, 2.45) is 5.92 Å². The summed E-state index contributed by atoms with van der Waals surface area (Å²) < 4.78 is 10.4. The molecule has 1 unspecified atom stereocenters. The molecule has 0 fully saturated rings. The molecule has 0 radical (unpaired) electrons. The number of nitrogens with one attached hydrogen (secondary N) is 1. The van der Waals surface area contributed by atoms with E-state index in [1.165, 1.54) is 13.2 Å². The number of hydrogen-bond donors (Lipinski definition) is 1. The van der Waals surface area contributed by atoms with Gasteiger partial charge < -0.3 is 14.8 Å². The first kappa shape index (κ1) is 24.6. The zero-order chi connectivity index (χ0) is 24.7. The van der Waals surface area contributed by atoms with Crippen molar-refractivity contribution in [3.63, 3.8) is 0 Å². The first-order valence-electron chi connectivity index (χ1n) is 10.9. The number of pyridine rings is 1. The zero-order valence-electron chi connectivity index (χ0n) is 19.7. The van der Waals surface area contributed by atoms with Crippen LogP contribution in [-0.4, -0.2) is 35.5 Å². The minimum absolute atomic E-state index is 0.176. The van der Waals surface area contributed by atoms with Crippen molar-refractivity contribution in [1.29, 1.82) is 0 Å². The molecule has 7 nitrogen and oxygen atoms in total. The van der Waals surface area contributed by atoms with Gasteiger partial charge in [-0.25, -0.2) is 4.79 Å². The Morgan fingerprint density at radius 1 is 0.941 bits per heavy atom. The molecule has 176 valence electrons. The highest BCUT2D eigenvalue weighted by molar-refractivity contribution is 6.06. The van der Waals surface area contributed by atoms with Gasteiger partial charge in [0.2, 0.25) is 5.91 Å². The highest BCUT2D eigenvalue weighted by Gasteiger charge is 2.32. The normalized spacial score (nSPS) is 11.9. The van der Waals surface area contributed by atoms with E-state index in [9.17, 15) is 14.4 Å². The number of esters is 2. The molecule has 0 aliphatic rings. The quantitative estimate of drug-likeness (QED) is 0.407. The predicted octanol–water partition coefficient (Wildman–Crippen LogP) is 4.67. The monoisotopic (exact) mass is 460 g/mol. The summed E-state index contributed by atoms with van der Waals surface area (Å²) in [5, 5.41) is 2.80. The highest BCUT2D eigenvalue weighted by Crippen LogP contribution is 2.26. The lowest BCUT2D eigenvalue weighted by Crippen LogP contribution is -2.37. The molecule has 0 saturated carbocycles. The van der Waals surface area contributed by atoms with Crippen molar-refractivity contribution in [3.05, 3.63) is 84.2 Å². The van der Waals surface area contributed by atoms with Gasteiger partial charge in [-0.15, -0.1) is 0 Å². The molecule has 0 aliphatic carbocycles. The van der Waals surface area contributed by atoms with E-state index in [0.717, 1.165) is 11.1 Å². The minimum Gasteiger partial charge on any atom is -0.465 e. The Labute approximate surface area is 199 Å². The summed E-state index contributed by atoms with van der Waals surface area (Å²) in [5.74, 6) is -2.76. The third-order valence-electron chi connectivity index (χ3n) is 4.93. The molecule has 34 heavy (non-hydrogen) atoms. The van der Waals surface area contributed by atoms with Crippen molar-refractivity contribution in [1.82, 2.24) is 4.98 Å². The van der Waals surface area contributed by atoms with Gasteiger partial charge in [-0.1, -0.05) is 30.3 Å². The molecule has 0 bridgehead atoms. The number of hydrogen-bond acceptors (Lipinski definition) is 6. The van der Waals surface area contributed by atoms with Crippen LogP contribution in [0.3, 0.4) is 0 Å². The Hall–Kier alpha value is -4.00. The summed E-state index contributed by atoms with van der Waals surface area (Å²) >= 11 is 0. The topological polar surface area (TPSA) is 94.6 Å². The van der Waals surface area contributed by atoms with Crippen molar-refractivity contribution >= 4 is 23.5 Å². The van der Waals surface area contributed by atoms with Crippen LogP contribution < -0.4 is 5.32 Å². The number of carbonyl (C=O) groups is 3. The molecule has 1 aromatic heterocycles. The number of benzene rings is 2. The third kappa shape index (κ3) is 6.75. The number of ether oxygens (including phenoxy) is 2. The van der Waals surface area contributed by atoms with Gasteiger partial charge in [-0.2, -0.15) is 0 Å². The summed E-state index contributed by atoms with van der Waals surface area (Å²) in [7, 11) is 1.29. The number of aromatic nitrogens is 1. The van der Waals surface area contributed by atoms with E-state index in [1.54, 1.807) is 57.4 Å². The molecular formula is C27H28N2O5. The maximum Gasteiger partial charge on any atom is 0.337 e. The molecule has 0 aliphatic heterocycles. The lowest BCUT2D eigenvalue weighted by atomic mass is 9.97. The number of methoxy groups -OCH3 is 1. The van der Waals surface area contributed by atoms with Gasteiger partial charge >= 0.3 is 11.9 Å². The van der Waals surface area contributed by atoms with Gasteiger partial charge in [-0.05, 0) is 74.2 Å². The predicted molar refractivity (Wildman–Crippen MR) is 129 cm³/mol. The van der Waals surface area contributed by atoms with Crippen molar-refractivity contribution in [2.45, 2.75) is 32.8 Å². The van der Waals surface area contributed by atoms with Gasteiger partial charge in [0.1, 0.15) is 11.5 Å². The van der Waals surface area contributed by atoms with Crippen LogP contribution in [0.25, 0.3) is 11.1 Å². The first-order chi connectivity index (χ1) is 16.2. The standard InChI is InChI=1S/C27H28N2O5/c1-27(2,3)34-26(32)23(14-18-8-6-5-7-9-18)24(30)29-22-16-20(19-10-12-28-13-11-19)15-21(17-22)25(31)33-4/h5-13,15-17,23H,14H2,1-4H3,(H,29,30). The molecule has 1 heterocycles. The maximum absolute atomic E-state index is 13.3. The largest absolute Gasteiger partial charge is 0.465 e. The summed E-state index contributed by atoms with van der Waals surface area (Å²) in [5.41, 5.74) is 2.22. The van der Waals surface area contributed by atoms with E-state index in [-0.39, 0.29) is 12.0 Å². The molecule has 0 spiro atoms. The highest BCUT2D eigenvalue weighted by atomic mass is 16.6. The number of nitrogens with zero attached hydrogens (tertiary/aromatic N) is 1. The van der Waals surface area contributed by atoms with Crippen molar-refractivity contribution in [3.8, 4) is 11.1 Å². The van der Waals surface area contributed by atoms with E-state index < -0.39 is 29.4 Å². The lowest BCUT2D eigenvalue weighted by molar-refractivity contribution is -0.161. The van der Waals surface area contributed by atoms with E-state index in [0.29, 0.717) is 11.3 Å². The Morgan fingerprint density at radius 2 is 1.62 bits per heavy atom. The number of carbonyl (C=O) groups excluding carboxylic acids is 3. The molecule has 7 heteroatoms. The van der Waals surface area contributed by atoms with Crippen LogP contribution in [0.15, 0.2) is 73.1 Å². The zero-order valence-corrected chi connectivity index (χ0v) is 19.7. The van der Waals surface area contributed by atoms with Crippen LogP contribution in [0.4, 0.5) is 5.69 Å². The van der Waals surface area contributed by atoms with E-state index >= 15 is 0 Å². The molecule has 3 rings (SSSR count). The summed E-state index contributed by atoms with van der Waals surface area (Å²) in [6.07, 6.45) is 3.45. The average molecular weight is 461 g/mol. The van der Waals surface area contributed by atoms with Crippen molar-refractivity contribution in [2.75, 3.05) is 12.4 Å². The van der Waals surface area contributed by atoms with Gasteiger partial charge in [0, 0.05) is 18.1 Å². The van der Waals surface area contributed by atoms with E-state index in [4.69, 9.17) is 9.47 Å². The molecular weight excluding hydrogens is 432 g/mol. The fourth-order valence-corrected chi connectivity index (χ4v) is 3.38. The second kappa shape index (κ2) is 10.7. The van der Waals surface area contributed by atoms with Crippen LogP contribution in [0.1, 0.15) is 36.7 Å². The molecule has 0 saturated heterocycles. The van der Waals surface area contributed by atoms with Crippen molar-refractivity contribution < 1.29 is 23.9 Å². The summed E-state index contributed by atoms with van der Waals surface area (Å²) in [6, 6.07) is 17.8. The summed E-state index contributed by atoms with van der Waals surface area (Å²) in [4.78, 5) is 42.5. The Bertz CT molecular complexity index is 1150. The number of anilines is 1. The molecule has 1 N–H and O–H groups in total. The van der Waals surface area contributed by atoms with Gasteiger partial charge in [0.05, 0.1) is 12.7 Å². The smallest absolute Gasteiger partial charge is 0.337 e. The molecule has 1 atom stereocenters. The minimum atomic E-state index is -1.08. The maximum atomic E-state index is 13.3.